The average molecular weight is 210 g/mol. The molecule has 0 N–H and O–H groups in total. The summed E-state index contributed by atoms with van der Waals surface area (Å²) in [5.74, 6) is 0. The van der Waals surface area contributed by atoms with Crippen LogP contribution in [-0.2, 0) is 0 Å². The van der Waals surface area contributed by atoms with Crippen molar-refractivity contribution in [3.05, 3.63) is 0 Å². The Kier molecular flexibility index (Phi) is 3.43. The molecule has 0 aromatic rings. The van der Waals surface area contributed by atoms with Crippen molar-refractivity contribution < 1.29 is 0 Å². The molecule has 9 heavy (non-hydrogen) atoms. The molecule has 0 amide bonds. The van der Waals surface area contributed by atoms with Gasteiger partial charge in [0.25, 0.3) is 0 Å². The van der Waals surface area contributed by atoms with Crippen LogP contribution in [-0.4, -0.2) is 8.67 Å². The van der Waals surface area contributed by atoms with Crippen LogP contribution in [0, 0.1) is 0 Å². The summed E-state index contributed by atoms with van der Waals surface area (Å²) in [7, 11) is 0. The van der Waals surface area contributed by atoms with E-state index in [-0.39, 0.29) is 0 Å². The molecule has 0 radical (unpaired) electrons. The van der Waals surface area contributed by atoms with Gasteiger partial charge < -0.3 is 0 Å². The molecule has 0 aromatic carbocycles. The van der Waals surface area contributed by atoms with E-state index in [1.807, 2.05) is 0 Å². The van der Waals surface area contributed by atoms with E-state index in [2.05, 4.69) is 0 Å². The van der Waals surface area contributed by atoms with Gasteiger partial charge in [0.15, 0.2) is 3.79 Å². The number of alkyl halides is 4. The van der Waals surface area contributed by atoms with Crippen LogP contribution in [0.2, 0.25) is 0 Å². The second-order valence-electron chi connectivity index (χ2n) is 2.51. The van der Waals surface area contributed by atoms with E-state index in [0.717, 1.165) is 0 Å². The highest BCUT2D eigenvalue weighted by molar-refractivity contribution is 6.67. The first-order chi connectivity index (χ1) is 3.71. The fourth-order valence-electron chi connectivity index (χ4n) is 0.477. The van der Waals surface area contributed by atoms with Crippen LogP contribution in [0.4, 0.5) is 0 Å². The van der Waals surface area contributed by atoms with Crippen molar-refractivity contribution in [3.8, 4) is 0 Å². The molecule has 56 valence electrons. The zero-order valence-electron chi connectivity index (χ0n) is 5.22. The van der Waals surface area contributed by atoms with Crippen LogP contribution in [0.1, 0.15) is 20.3 Å². The summed E-state index contributed by atoms with van der Waals surface area (Å²) in [6.07, 6.45) is 0.353. The Balaban J connectivity index is 3.75. The SMILES string of the molecule is CC(C)(Cl)CC(Cl)(Cl)Cl. The fraction of sp³-hybridized carbons (Fsp3) is 1.00. The molecule has 0 nitrogen and oxygen atoms in total. The van der Waals surface area contributed by atoms with Gasteiger partial charge in [0.2, 0.25) is 0 Å². The van der Waals surface area contributed by atoms with Gasteiger partial charge in [-0.05, 0) is 13.8 Å². The summed E-state index contributed by atoms with van der Waals surface area (Å²) in [5, 5.41) is 0. The molecule has 0 rings (SSSR count). The zero-order valence-corrected chi connectivity index (χ0v) is 8.24. The predicted molar refractivity (Wildman–Crippen MR) is 44.8 cm³/mol. The second kappa shape index (κ2) is 3.04. The van der Waals surface area contributed by atoms with Gasteiger partial charge in [-0.15, -0.1) is 11.6 Å². The van der Waals surface area contributed by atoms with Crippen LogP contribution in [0.25, 0.3) is 0 Å². The minimum Gasteiger partial charge on any atom is -0.120 e. The van der Waals surface area contributed by atoms with Crippen LogP contribution in [0.5, 0.6) is 0 Å². The molecule has 0 saturated heterocycles. The van der Waals surface area contributed by atoms with Crippen LogP contribution < -0.4 is 0 Å². The van der Waals surface area contributed by atoms with E-state index in [1.54, 1.807) is 13.8 Å². The second-order valence-corrected chi connectivity index (χ2v) is 6.05. The maximum Gasteiger partial charge on any atom is 0.192 e. The molecule has 0 spiro atoms. The minimum atomic E-state index is -1.23. The van der Waals surface area contributed by atoms with Gasteiger partial charge in [-0.25, -0.2) is 0 Å². The lowest BCUT2D eigenvalue weighted by molar-refractivity contribution is 0.639. The molecule has 0 fully saturated rings. The molecule has 0 aliphatic carbocycles. The molecule has 0 unspecified atom stereocenters. The molecule has 4 heteroatoms. The molecular weight excluding hydrogens is 202 g/mol. The molecule has 0 aliphatic heterocycles. The van der Waals surface area contributed by atoms with Crippen LogP contribution >= 0.6 is 46.4 Å². The van der Waals surface area contributed by atoms with Crippen molar-refractivity contribution >= 4 is 46.4 Å². The highest BCUT2D eigenvalue weighted by Gasteiger charge is 2.28. The lowest BCUT2D eigenvalue weighted by Crippen LogP contribution is -2.19. The lowest BCUT2D eigenvalue weighted by Gasteiger charge is -2.20. The van der Waals surface area contributed by atoms with Crippen molar-refractivity contribution in [1.82, 2.24) is 0 Å². The largest absolute Gasteiger partial charge is 0.192 e. The first kappa shape index (κ1) is 10.2. The third kappa shape index (κ3) is 9.16. The summed E-state index contributed by atoms with van der Waals surface area (Å²) < 4.78 is -1.23. The maximum absolute atomic E-state index is 5.76. The Labute approximate surface area is 75.4 Å². The molecule has 0 aliphatic rings. The zero-order chi connectivity index (χ0) is 7.71. The monoisotopic (exact) mass is 208 g/mol. The molecule has 0 aromatic heterocycles. The number of hydrogen-bond acceptors (Lipinski definition) is 0. The first-order valence-corrected chi connectivity index (χ1v) is 3.97. The van der Waals surface area contributed by atoms with Gasteiger partial charge in [0, 0.05) is 11.3 Å². The number of rotatable bonds is 1. The summed E-state index contributed by atoms with van der Waals surface area (Å²) >= 11 is 22.2. The van der Waals surface area contributed by atoms with E-state index >= 15 is 0 Å². The van der Waals surface area contributed by atoms with E-state index < -0.39 is 8.67 Å². The Hall–Kier alpha value is 1.16. The molecule has 0 heterocycles. The van der Waals surface area contributed by atoms with Gasteiger partial charge in [-0.1, -0.05) is 34.8 Å². The molecule has 0 atom stereocenters. The van der Waals surface area contributed by atoms with Crippen molar-refractivity contribution in [2.45, 2.75) is 28.9 Å². The Morgan fingerprint density at radius 1 is 1.00 bits per heavy atom. The normalized spacial score (nSPS) is 14.0. The molecule has 0 saturated carbocycles. The van der Waals surface area contributed by atoms with Gasteiger partial charge >= 0.3 is 0 Å². The Bertz CT molecular complexity index is 74.1. The maximum atomic E-state index is 5.76. The Morgan fingerprint density at radius 3 is 1.33 bits per heavy atom. The van der Waals surface area contributed by atoms with E-state index in [9.17, 15) is 0 Å². The van der Waals surface area contributed by atoms with Crippen molar-refractivity contribution in [3.63, 3.8) is 0 Å². The fourth-order valence-corrected chi connectivity index (χ4v) is 1.88. The van der Waals surface area contributed by atoms with E-state index in [0.29, 0.717) is 6.42 Å². The van der Waals surface area contributed by atoms with Crippen LogP contribution in [0.15, 0.2) is 0 Å². The minimum absolute atomic E-state index is 0.353. The Morgan fingerprint density at radius 2 is 1.33 bits per heavy atom. The predicted octanol–water partition coefficient (Wildman–Crippen LogP) is 3.76. The average Bonchev–Trinajstić information content (AvgIpc) is 1.14. The third-order valence-electron chi connectivity index (χ3n) is 0.621. The first-order valence-electron chi connectivity index (χ1n) is 2.46. The standard InChI is InChI=1S/C5H8Cl4/c1-4(2,6)3-5(7,8)9/h3H2,1-2H3. The smallest absolute Gasteiger partial charge is 0.120 e. The molecular formula is C5H8Cl4. The summed E-state index contributed by atoms with van der Waals surface area (Å²) in [6.45, 7) is 3.60. The van der Waals surface area contributed by atoms with Gasteiger partial charge in [-0.2, -0.15) is 0 Å². The van der Waals surface area contributed by atoms with Crippen molar-refractivity contribution in [2.75, 3.05) is 0 Å². The number of halogens is 4. The summed E-state index contributed by atoms with van der Waals surface area (Å²) in [6, 6.07) is 0. The molecule has 0 bridgehead atoms. The summed E-state index contributed by atoms with van der Waals surface area (Å²) in [4.78, 5) is -0.439. The number of hydrogen-bond donors (Lipinski definition) is 0. The van der Waals surface area contributed by atoms with Gasteiger partial charge in [-0.3, -0.25) is 0 Å². The van der Waals surface area contributed by atoms with E-state index in [4.69, 9.17) is 46.4 Å². The lowest BCUT2D eigenvalue weighted by atomic mass is 10.1. The summed E-state index contributed by atoms with van der Waals surface area (Å²) in [5.41, 5.74) is 0. The van der Waals surface area contributed by atoms with Crippen LogP contribution in [0.3, 0.4) is 0 Å². The van der Waals surface area contributed by atoms with Crippen molar-refractivity contribution in [1.29, 1.82) is 0 Å². The van der Waals surface area contributed by atoms with Gasteiger partial charge in [0.05, 0.1) is 0 Å². The van der Waals surface area contributed by atoms with E-state index in [1.165, 1.54) is 0 Å². The van der Waals surface area contributed by atoms with Gasteiger partial charge in [0.1, 0.15) is 0 Å². The topological polar surface area (TPSA) is 0 Å². The quantitative estimate of drug-likeness (QED) is 0.577. The highest BCUT2D eigenvalue weighted by Crippen LogP contribution is 2.37. The third-order valence-corrected chi connectivity index (χ3v) is 1.16. The van der Waals surface area contributed by atoms with Crippen molar-refractivity contribution in [2.24, 2.45) is 0 Å². The highest BCUT2D eigenvalue weighted by atomic mass is 35.6.